The maximum atomic E-state index is 11.7. The van der Waals surface area contributed by atoms with Crippen LogP contribution in [0.2, 0.25) is 0 Å². The molecule has 0 saturated carbocycles. The zero-order valence-corrected chi connectivity index (χ0v) is 15.4. The van der Waals surface area contributed by atoms with Gasteiger partial charge in [0.05, 0.1) is 15.2 Å². The first kappa shape index (κ1) is 17.5. The first-order chi connectivity index (χ1) is 11.0. The molecule has 2 N–H and O–H groups in total. The van der Waals surface area contributed by atoms with Gasteiger partial charge in [-0.25, -0.2) is 5.43 Å². The number of halogens is 2. The van der Waals surface area contributed by atoms with E-state index in [1.165, 1.54) is 6.21 Å². The van der Waals surface area contributed by atoms with Crippen LogP contribution < -0.4 is 10.2 Å². The second-order valence-electron chi connectivity index (χ2n) is 4.73. The molecule has 0 aliphatic carbocycles. The predicted octanol–water partition coefficient (Wildman–Crippen LogP) is 3.75. The first-order valence-electron chi connectivity index (χ1n) is 6.65. The zero-order valence-electron chi connectivity index (χ0n) is 12.2. The van der Waals surface area contributed by atoms with E-state index < -0.39 is 0 Å². The Balaban J connectivity index is 1.87. The van der Waals surface area contributed by atoms with Gasteiger partial charge in [-0.05, 0) is 86.3 Å². The molecule has 1 amide bonds. The molecule has 5 nitrogen and oxygen atoms in total. The van der Waals surface area contributed by atoms with Gasteiger partial charge < -0.3 is 9.84 Å². The van der Waals surface area contributed by atoms with Crippen LogP contribution in [0.25, 0.3) is 0 Å². The molecule has 0 aliphatic heterocycles. The Bertz CT molecular complexity index is 708. The predicted molar refractivity (Wildman–Crippen MR) is 95.9 cm³/mol. The fourth-order valence-electron chi connectivity index (χ4n) is 1.73. The van der Waals surface area contributed by atoms with Gasteiger partial charge in [-0.15, -0.1) is 0 Å². The molecule has 0 heterocycles. The smallest absolute Gasteiger partial charge is 0.277 e. The number of hydrogen-bond acceptors (Lipinski definition) is 4. The number of aryl methyl sites for hydroxylation is 1. The van der Waals surface area contributed by atoms with Crippen LogP contribution in [0.5, 0.6) is 11.5 Å². The van der Waals surface area contributed by atoms with E-state index in [4.69, 9.17) is 4.74 Å². The number of nitrogens with one attached hydrogen (secondary N) is 1. The molecular formula is C16H14Br2N2O3. The van der Waals surface area contributed by atoms with E-state index in [9.17, 15) is 9.90 Å². The fraction of sp³-hybridized carbons (Fsp3) is 0.125. The summed E-state index contributed by atoms with van der Waals surface area (Å²) in [5.41, 5.74) is 4.20. The number of benzene rings is 2. The summed E-state index contributed by atoms with van der Waals surface area (Å²) >= 11 is 6.80. The molecule has 0 spiro atoms. The van der Waals surface area contributed by atoms with Crippen molar-refractivity contribution in [3.05, 3.63) is 56.5 Å². The normalized spacial score (nSPS) is 10.7. The molecular weight excluding hydrogens is 428 g/mol. The maximum absolute atomic E-state index is 11.7. The van der Waals surface area contributed by atoms with Crippen molar-refractivity contribution in [2.45, 2.75) is 6.92 Å². The van der Waals surface area contributed by atoms with Crippen molar-refractivity contribution in [2.75, 3.05) is 6.61 Å². The van der Waals surface area contributed by atoms with Crippen LogP contribution in [0.1, 0.15) is 11.1 Å². The molecule has 120 valence electrons. The highest BCUT2D eigenvalue weighted by atomic mass is 79.9. The van der Waals surface area contributed by atoms with E-state index in [2.05, 4.69) is 42.4 Å². The molecule has 2 aromatic carbocycles. The Kier molecular flexibility index (Phi) is 6.18. The van der Waals surface area contributed by atoms with Crippen LogP contribution in [0.15, 0.2) is 50.4 Å². The van der Waals surface area contributed by atoms with Gasteiger partial charge in [0.25, 0.3) is 5.91 Å². The minimum Gasteiger partial charge on any atom is -0.508 e. The Morgan fingerprint density at radius 1 is 1.26 bits per heavy atom. The number of aromatic hydroxyl groups is 1. The SMILES string of the molecule is Cc1cc(Br)c(OCC(=O)NN=Cc2ccc(O)cc2)c(Br)c1. The number of nitrogens with zero attached hydrogens (tertiary/aromatic N) is 1. The van der Waals surface area contributed by atoms with Gasteiger partial charge in [-0.2, -0.15) is 5.10 Å². The van der Waals surface area contributed by atoms with Gasteiger partial charge >= 0.3 is 0 Å². The molecule has 23 heavy (non-hydrogen) atoms. The number of rotatable bonds is 5. The van der Waals surface area contributed by atoms with Crippen LogP contribution in [0.3, 0.4) is 0 Å². The molecule has 2 rings (SSSR count). The van der Waals surface area contributed by atoms with Crippen molar-refractivity contribution in [1.82, 2.24) is 5.43 Å². The summed E-state index contributed by atoms with van der Waals surface area (Å²) in [7, 11) is 0. The molecule has 0 bridgehead atoms. The van der Waals surface area contributed by atoms with Crippen molar-refractivity contribution in [3.8, 4) is 11.5 Å². The summed E-state index contributed by atoms with van der Waals surface area (Å²) < 4.78 is 7.03. The molecule has 2 aromatic rings. The molecule has 0 aliphatic rings. The molecule has 0 unspecified atom stereocenters. The van der Waals surface area contributed by atoms with Crippen molar-refractivity contribution >= 4 is 44.0 Å². The molecule has 0 radical (unpaired) electrons. The number of hydrogen-bond donors (Lipinski definition) is 2. The highest BCUT2D eigenvalue weighted by molar-refractivity contribution is 9.11. The summed E-state index contributed by atoms with van der Waals surface area (Å²) in [6.07, 6.45) is 1.48. The average molecular weight is 442 g/mol. The van der Waals surface area contributed by atoms with Gasteiger partial charge in [-0.1, -0.05) is 0 Å². The van der Waals surface area contributed by atoms with E-state index in [0.717, 1.165) is 20.1 Å². The third-order valence-corrected chi connectivity index (χ3v) is 3.96. The standard InChI is InChI=1S/C16H14Br2N2O3/c1-10-6-13(17)16(14(18)7-10)23-9-15(22)20-19-8-11-2-4-12(21)5-3-11/h2-8,21H,9H2,1H3,(H,20,22). The second kappa shape index (κ2) is 8.12. The van der Waals surface area contributed by atoms with Crippen LogP contribution in [-0.2, 0) is 4.79 Å². The Morgan fingerprint density at radius 3 is 2.48 bits per heavy atom. The Hall–Kier alpha value is -1.86. The van der Waals surface area contributed by atoms with Gasteiger partial charge in [0.1, 0.15) is 11.5 Å². The summed E-state index contributed by atoms with van der Waals surface area (Å²) in [5.74, 6) is 0.363. The lowest BCUT2D eigenvalue weighted by atomic mass is 10.2. The molecule has 7 heteroatoms. The van der Waals surface area contributed by atoms with Crippen LogP contribution >= 0.6 is 31.9 Å². The monoisotopic (exact) mass is 440 g/mol. The van der Waals surface area contributed by atoms with Crippen LogP contribution in [0, 0.1) is 6.92 Å². The maximum Gasteiger partial charge on any atom is 0.277 e. The summed E-state index contributed by atoms with van der Waals surface area (Å²) in [6.45, 7) is 1.80. The largest absolute Gasteiger partial charge is 0.508 e. The van der Waals surface area contributed by atoms with E-state index in [1.807, 2.05) is 19.1 Å². The van der Waals surface area contributed by atoms with Gasteiger partial charge in [0.15, 0.2) is 6.61 Å². The quantitative estimate of drug-likeness (QED) is 0.548. The highest BCUT2D eigenvalue weighted by Crippen LogP contribution is 2.34. The molecule has 0 atom stereocenters. The Labute approximate surface area is 150 Å². The number of carbonyl (C=O) groups excluding carboxylic acids is 1. The zero-order chi connectivity index (χ0) is 16.8. The first-order valence-corrected chi connectivity index (χ1v) is 8.23. The topological polar surface area (TPSA) is 70.9 Å². The number of hydrazone groups is 1. The Morgan fingerprint density at radius 2 is 1.87 bits per heavy atom. The molecule has 0 saturated heterocycles. The number of phenols is 1. The lowest BCUT2D eigenvalue weighted by Gasteiger charge is -2.10. The van der Waals surface area contributed by atoms with E-state index >= 15 is 0 Å². The lowest BCUT2D eigenvalue weighted by Crippen LogP contribution is -2.24. The van der Waals surface area contributed by atoms with Gasteiger partial charge in [0.2, 0.25) is 0 Å². The molecule has 0 fully saturated rings. The lowest BCUT2D eigenvalue weighted by molar-refractivity contribution is -0.123. The van der Waals surface area contributed by atoms with Gasteiger partial charge in [0, 0.05) is 0 Å². The third-order valence-electron chi connectivity index (χ3n) is 2.79. The van der Waals surface area contributed by atoms with Crippen molar-refractivity contribution < 1.29 is 14.6 Å². The number of amides is 1. The van der Waals surface area contributed by atoms with Gasteiger partial charge in [-0.3, -0.25) is 4.79 Å². The second-order valence-corrected chi connectivity index (χ2v) is 6.44. The van der Waals surface area contributed by atoms with Crippen molar-refractivity contribution in [3.63, 3.8) is 0 Å². The van der Waals surface area contributed by atoms with E-state index in [1.54, 1.807) is 24.3 Å². The fourth-order valence-corrected chi connectivity index (χ4v) is 3.38. The summed E-state index contributed by atoms with van der Waals surface area (Å²) in [4.78, 5) is 11.7. The van der Waals surface area contributed by atoms with Crippen molar-refractivity contribution in [1.29, 1.82) is 0 Å². The highest BCUT2D eigenvalue weighted by Gasteiger charge is 2.09. The van der Waals surface area contributed by atoms with Crippen molar-refractivity contribution in [2.24, 2.45) is 5.10 Å². The van der Waals surface area contributed by atoms with Crippen LogP contribution in [0.4, 0.5) is 0 Å². The van der Waals surface area contributed by atoms with E-state index in [0.29, 0.717) is 5.75 Å². The summed E-state index contributed by atoms with van der Waals surface area (Å²) in [6, 6.07) is 10.3. The minimum absolute atomic E-state index is 0.160. The number of ether oxygens (including phenoxy) is 1. The minimum atomic E-state index is -0.376. The number of phenolic OH excluding ortho intramolecular Hbond substituents is 1. The number of carbonyl (C=O) groups is 1. The van der Waals surface area contributed by atoms with E-state index in [-0.39, 0.29) is 18.3 Å². The summed E-state index contributed by atoms with van der Waals surface area (Å²) in [5, 5.41) is 13.0. The molecule has 0 aromatic heterocycles. The van der Waals surface area contributed by atoms with Crippen LogP contribution in [-0.4, -0.2) is 23.8 Å². The average Bonchev–Trinajstić information content (AvgIpc) is 2.48. The third kappa shape index (κ3) is 5.37.